The summed E-state index contributed by atoms with van der Waals surface area (Å²) in [6.45, 7) is 7.78. The molecule has 31 heavy (non-hydrogen) atoms. The second-order valence-electron chi connectivity index (χ2n) is 11.0. The molecule has 0 aliphatic heterocycles. The van der Waals surface area contributed by atoms with Gasteiger partial charge in [0.15, 0.2) is 6.61 Å². The van der Waals surface area contributed by atoms with Gasteiger partial charge >= 0.3 is 12.1 Å². The van der Waals surface area contributed by atoms with Crippen LogP contribution in [0.5, 0.6) is 5.75 Å². The molecule has 6 nitrogen and oxygen atoms in total. The van der Waals surface area contributed by atoms with Crippen molar-refractivity contribution < 1.29 is 28.5 Å². The molecule has 5 rings (SSSR count). The lowest BCUT2D eigenvalue weighted by Gasteiger charge is -2.60. The summed E-state index contributed by atoms with van der Waals surface area (Å²) in [6, 6.07) is 7.58. The Balaban J connectivity index is 1.34. The molecule has 1 aromatic carbocycles. The molecule has 0 aromatic heterocycles. The molecule has 0 saturated heterocycles. The number of ether oxygens (including phenoxy) is 4. The molecule has 4 fully saturated rings. The van der Waals surface area contributed by atoms with Crippen molar-refractivity contribution in [2.75, 3.05) is 13.2 Å². The summed E-state index contributed by atoms with van der Waals surface area (Å²) in [5, 5.41) is 0. The van der Waals surface area contributed by atoms with Crippen LogP contribution in [0.4, 0.5) is 4.79 Å². The minimum Gasteiger partial charge on any atom is -0.482 e. The smallest absolute Gasteiger partial charge is 0.482 e. The van der Waals surface area contributed by atoms with Gasteiger partial charge in [-0.1, -0.05) is 17.7 Å². The molecule has 6 heteroatoms. The zero-order chi connectivity index (χ0) is 22.3. The molecule has 4 aliphatic carbocycles. The Morgan fingerprint density at radius 2 is 1.68 bits per heavy atom. The molecule has 4 bridgehead atoms. The first kappa shape index (κ1) is 22.0. The van der Waals surface area contributed by atoms with E-state index in [0.29, 0.717) is 24.2 Å². The molecule has 0 N–H and O–H groups in total. The standard InChI is InChI=1S/C25H34O6/c1-17-5-7-20(8-6-17)28-14-21(26)29-16-24-10-18-9-19(11-24)13-25(12-18,15-24)31-22(27)30-23(2,3)4/h5-8,18-19H,9-16H2,1-4H3. The summed E-state index contributed by atoms with van der Waals surface area (Å²) in [6.07, 6.45) is 5.13. The predicted molar refractivity (Wildman–Crippen MR) is 115 cm³/mol. The lowest BCUT2D eigenvalue weighted by molar-refractivity contribution is -0.196. The van der Waals surface area contributed by atoms with Crippen molar-refractivity contribution in [1.29, 1.82) is 0 Å². The van der Waals surface area contributed by atoms with Crippen molar-refractivity contribution in [1.82, 2.24) is 0 Å². The van der Waals surface area contributed by atoms with Crippen LogP contribution in [0.1, 0.15) is 64.9 Å². The SMILES string of the molecule is Cc1ccc(OCC(=O)OCC23CC4CC(C2)CC(OC(=O)OC(C)(C)C)(C4)C3)cc1. The highest BCUT2D eigenvalue weighted by Crippen LogP contribution is 2.63. The maximum absolute atomic E-state index is 12.4. The van der Waals surface area contributed by atoms with Crippen molar-refractivity contribution in [3.63, 3.8) is 0 Å². The van der Waals surface area contributed by atoms with Gasteiger partial charge in [-0.05, 0) is 90.2 Å². The van der Waals surface area contributed by atoms with Gasteiger partial charge in [0.2, 0.25) is 0 Å². The third kappa shape index (κ3) is 5.34. The fourth-order valence-electron chi connectivity index (χ4n) is 6.15. The highest BCUT2D eigenvalue weighted by Gasteiger charge is 2.60. The molecule has 2 atom stereocenters. The molecule has 4 aliphatic rings. The van der Waals surface area contributed by atoms with Gasteiger partial charge in [-0.3, -0.25) is 0 Å². The Bertz CT molecular complexity index is 807. The molecular weight excluding hydrogens is 396 g/mol. The number of carbonyl (C=O) groups is 2. The summed E-state index contributed by atoms with van der Waals surface area (Å²) >= 11 is 0. The normalized spacial score (nSPS) is 31.2. The van der Waals surface area contributed by atoms with Crippen LogP contribution in [-0.4, -0.2) is 36.5 Å². The van der Waals surface area contributed by atoms with E-state index in [1.54, 1.807) is 0 Å². The van der Waals surface area contributed by atoms with Crippen molar-refractivity contribution in [2.24, 2.45) is 17.3 Å². The number of benzene rings is 1. The number of esters is 1. The van der Waals surface area contributed by atoms with Gasteiger partial charge in [0, 0.05) is 5.41 Å². The number of rotatable bonds is 6. The van der Waals surface area contributed by atoms with Crippen molar-refractivity contribution in [2.45, 2.75) is 77.4 Å². The van der Waals surface area contributed by atoms with Gasteiger partial charge in [0.05, 0.1) is 6.61 Å². The topological polar surface area (TPSA) is 71.1 Å². The third-order valence-electron chi connectivity index (χ3n) is 6.73. The van der Waals surface area contributed by atoms with Gasteiger partial charge in [0.1, 0.15) is 17.0 Å². The monoisotopic (exact) mass is 430 g/mol. The zero-order valence-electron chi connectivity index (χ0n) is 19.1. The average Bonchev–Trinajstić information content (AvgIpc) is 2.63. The largest absolute Gasteiger partial charge is 0.509 e. The van der Waals surface area contributed by atoms with Crippen molar-refractivity contribution in [3.8, 4) is 5.75 Å². The first-order valence-electron chi connectivity index (χ1n) is 11.3. The maximum Gasteiger partial charge on any atom is 0.509 e. The van der Waals surface area contributed by atoms with E-state index in [1.165, 1.54) is 6.42 Å². The highest BCUT2D eigenvalue weighted by molar-refractivity contribution is 5.71. The minimum atomic E-state index is -0.590. The number of hydrogen-bond donors (Lipinski definition) is 0. The third-order valence-corrected chi connectivity index (χ3v) is 6.73. The highest BCUT2D eigenvalue weighted by atomic mass is 16.7. The first-order valence-corrected chi connectivity index (χ1v) is 11.3. The van der Waals surface area contributed by atoms with E-state index in [2.05, 4.69) is 0 Å². The predicted octanol–water partition coefficient (Wildman–Crippen LogP) is 5.21. The van der Waals surface area contributed by atoms with Crippen LogP contribution in [0.2, 0.25) is 0 Å². The van der Waals surface area contributed by atoms with E-state index in [4.69, 9.17) is 18.9 Å². The molecular formula is C25H34O6. The van der Waals surface area contributed by atoms with E-state index in [0.717, 1.165) is 37.7 Å². The van der Waals surface area contributed by atoms with Crippen LogP contribution in [0.3, 0.4) is 0 Å². The lowest BCUT2D eigenvalue weighted by Crippen LogP contribution is -2.59. The molecule has 170 valence electrons. The maximum atomic E-state index is 12.4. The molecule has 2 unspecified atom stereocenters. The fourth-order valence-corrected chi connectivity index (χ4v) is 6.15. The zero-order valence-corrected chi connectivity index (χ0v) is 19.1. The van der Waals surface area contributed by atoms with E-state index < -0.39 is 17.4 Å². The second-order valence-corrected chi connectivity index (χ2v) is 11.0. The summed E-state index contributed by atoms with van der Waals surface area (Å²) < 4.78 is 22.6. The van der Waals surface area contributed by atoms with Crippen molar-refractivity contribution >= 4 is 12.1 Å². The molecule has 0 radical (unpaired) electrons. The lowest BCUT2D eigenvalue weighted by atomic mass is 9.48. The molecule has 4 saturated carbocycles. The Morgan fingerprint density at radius 1 is 1.03 bits per heavy atom. The quantitative estimate of drug-likeness (QED) is 0.577. The van der Waals surface area contributed by atoms with Gasteiger partial charge in [-0.25, -0.2) is 9.59 Å². The first-order chi connectivity index (χ1) is 14.5. The van der Waals surface area contributed by atoms with E-state index in [9.17, 15) is 9.59 Å². The van der Waals surface area contributed by atoms with Crippen molar-refractivity contribution in [3.05, 3.63) is 29.8 Å². The Kier molecular flexibility index (Phi) is 5.69. The summed E-state index contributed by atoms with van der Waals surface area (Å²) in [5.41, 5.74) is -0.0494. The van der Waals surface area contributed by atoms with Gasteiger partial charge in [0.25, 0.3) is 0 Å². The van der Waals surface area contributed by atoms with E-state index in [1.807, 2.05) is 52.0 Å². The van der Waals surface area contributed by atoms with Gasteiger partial charge in [-0.15, -0.1) is 0 Å². The number of carbonyl (C=O) groups excluding carboxylic acids is 2. The molecule has 0 heterocycles. The number of hydrogen-bond acceptors (Lipinski definition) is 6. The van der Waals surface area contributed by atoms with E-state index in [-0.39, 0.29) is 18.0 Å². The van der Waals surface area contributed by atoms with Gasteiger partial charge < -0.3 is 18.9 Å². The Labute approximate surface area is 184 Å². The van der Waals surface area contributed by atoms with Crippen LogP contribution in [-0.2, 0) is 19.0 Å². The van der Waals surface area contributed by atoms with Crippen LogP contribution in [0, 0.1) is 24.2 Å². The van der Waals surface area contributed by atoms with Gasteiger partial charge in [-0.2, -0.15) is 0 Å². The minimum absolute atomic E-state index is 0.106. The average molecular weight is 431 g/mol. The molecule has 0 amide bonds. The summed E-state index contributed by atoms with van der Waals surface area (Å²) in [5.74, 6) is 1.30. The molecule has 0 spiro atoms. The van der Waals surface area contributed by atoms with E-state index >= 15 is 0 Å². The van der Waals surface area contributed by atoms with Crippen LogP contribution in [0.15, 0.2) is 24.3 Å². The summed E-state index contributed by atoms with van der Waals surface area (Å²) in [4.78, 5) is 24.7. The summed E-state index contributed by atoms with van der Waals surface area (Å²) in [7, 11) is 0. The number of aryl methyl sites for hydroxylation is 1. The van der Waals surface area contributed by atoms with Crippen LogP contribution in [0.25, 0.3) is 0 Å². The Hall–Kier alpha value is -2.24. The Morgan fingerprint density at radius 3 is 2.29 bits per heavy atom. The molecule has 1 aromatic rings. The fraction of sp³-hybridized carbons (Fsp3) is 0.680. The second kappa shape index (κ2) is 8.03. The van der Waals surface area contributed by atoms with Crippen LogP contribution < -0.4 is 4.74 Å². The van der Waals surface area contributed by atoms with Crippen LogP contribution >= 0.6 is 0 Å².